The summed E-state index contributed by atoms with van der Waals surface area (Å²) in [6.07, 6.45) is 0.519. The zero-order chi connectivity index (χ0) is 10.7. The van der Waals surface area contributed by atoms with E-state index < -0.39 is 0 Å². The molecule has 1 unspecified atom stereocenters. The van der Waals surface area contributed by atoms with Crippen LogP contribution in [0.15, 0.2) is 11.4 Å². The van der Waals surface area contributed by atoms with Gasteiger partial charge in [-0.05, 0) is 23.9 Å². The predicted octanol–water partition coefficient (Wildman–Crippen LogP) is 1.16. The van der Waals surface area contributed by atoms with Crippen molar-refractivity contribution in [3.63, 3.8) is 0 Å². The highest BCUT2D eigenvalue weighted by atomic mass is 32.1. The predicted molar refractivity (Wildman–Crippen MR) is 60.4 cm³/mol. The standard InChI is InChI=1S/C11H15NO2S/c1-8-4-9(7-15-8)5-11(13)10-6-14-3-2-12-10/h4,7,10,12H,2-3,5-6H2,1H3. The molecule has 1 fully saturated rings. The summed E-state index contributed by atoms with van der Waals surface area (Å²) < 4.78 is 5.27. The third-order valence-electron chi connectivity index (χ3n) is 2.47. The molecule has 1 N–H and O–H groups in total. The van der Waals surface area contributed by atoms with Crippen LogP contribution in [0.4, 0.5) is 0 Å². The van der Waals surface area contributed by atoms with E-state index >= 15 is 0 Å². The lowest BCUT2D eigenvalue weighted by Gasteiger charge is -2.22. The third-order valence-corrected chi connectivity index (χ3v) is 3.38. The zero-order valence-corrected chi connectivity index (χ0v) is 9.60. The quantitative estimate of drug-likeness (QED) is 0.839. The molecular weight excluding hydrogens is 210 g/mol. The Hall–Kier alpha value is -0.710. The smallest absolute Gasteiger partial charge is 0.156 e. The number of Topliss-reactive ketones (excluding diaryl/α,β-unsaturated/α-hetero) is 1. The van der Waals surface area contributed by atoms with E-state index in [1.807, 2.05) is 0 Å². The molecule has 1 aliphatic rings. The number of morpholine rings is 1. The second kappa shape index (κ2) is 4.88. The van der Waals surface area contributed by atoms with E-state index in [2.05, 4.69) is 23.7 Å². The van der Waals surface area contributed by atoms with Crippen LogP contribution in [0.3, 0.4) is 0 Å². The van der Waals surface area contributed by atoms with Crippen LogP contribution in [0.1, 0.15) is 10.4 Å². The molecule has 0 amide bonds. The number of aryl methyl sites for hydroxylation is 1. The van der Waals surface area contributed by atoms with Crippen LogP contribution in [-0.4, -0.2) is 31.6 Å². The summed E-state index contributed by atoms with van der Waals surface area (Å²) in [4.78, 5) is 13.1. The molecule has 82 valence electrons. The van der Waals surface area contributed by atoms with Gasteiger partial charge in [0, 0.05) is 17.8 Å². The van der Waals surface area contributed by atoms with Crippen molar-refractivity contribution in [1.29, 1.82) is 0 Å². The van der Waals surface area contributed by atoms with Crippen LogP contribution in [0.5, 0.6) is 0 Å². The molecule has 4 heteroatoms. The fourth-order valence-corrected chi connectivity index (χ4v) is 2.40. The Bertz CT molecular complexity index is 342. The van der Waals surface area contributed by atoms with Gasteiger partial charge in [0.25, 0.3) is 0 Å². The summed E-state index contributed by atoms with van der Waals surface area (Å²) in [7, 11) is 0. The maximum atomic E-state index is 11.8. The van der Waals surface area contributed by atoms with Crippen LogP contribution in [0.2, 0.25) is 0 Å². The average Bonchev–Trinajstić information content (AvgIpc) is 2.65. The van der Waals surface area contributed by atoms with Gasteiger partial charge in [-0.15, -0.1) is 11.3 Å². The minimum atomic E-state index is -0.112. The second-order valence-electron chi connectivity index (χ2n) is 3.79. The monoisotopic (exact) mass is 225 g/mol. The van der Waals surface area contributed by atoms with E-state index in [0.717, 1.165) is 12.1 Å². The highest BCUT2D eigenvalue weighted by Gasteiger charge is 2.21. The van der Waals surface area contributed by atoms with E-state index in [1.165, 1.54) is 4.88 Å². The van der Waals surface area contributed by atoms with Crippen molar-refractivity contribution in [2.24, 2.45) is 0 Å². The zero-order valence-electron chi connectivity index (χ0n) is 8.79. The van der Waals surface area contributed by atoms with E-state index in [-0.39, 0.29) is 11.8 Å². The van der Waals surface area contributed by atoms with Gasteiger partial charge in [-0.25, -0.2) is 0 Å². The lowest BCUT2D eigenvalue weighted by atomic mass is 10.1. The molecule has 0 radical (unpaired) electrons. The van der Waals surface area contributed by atoms with Crippen molar-refractivity contribution in [3.05, 3.63) is 21.9 Å². The molecule has 3 nitrogen and oxygen atoms in total. The molecule has 2 rings (SSSR count). The Kier molecular flexibility index (Phi) is 3.51. The van der Waals surface area contributed by atoms with Crippen molar-refractivity contribution in [1.82, 2.24) is 5.32 Å². The Balaban J connectivity index is 1.91. The summed E-state index contributed by atoms with van der Waals surface area (Å²) in [6.45, 7) is 4.06. The number of rotatable bonds is 3. The van der Waals surface area contributed by atoms with Gasteiger partial charge < -0.3 is 10.1 Å². The normalized spacial score (nSPS) is 21.5. The minimum absolute atomic E-state index is 0.112. The first kappa shape index (κ1) is 10.8. The molecule has 0 aromatic carbocycles. The Labute approximate surface area is 93.4 Å². The van der Waals surface area contributed by atoms with Crippen LogP contribution >= 0.6 is 11.3 Å². The largest absolute Gasteiger partial charge is 0.378 e. The lowest BCUT2D eigenvalue weighted by molar-refractivity contribution is -0.123. The highest BCUT2D eigenvalue weighted by molar-refractivity contribution is 7.10. The third kappa shape index (κ3) is 2.87. The van der Waals surface area contributed by atoms with Crippen LogP contribution in [0.25, 0.3) is 0 Å². The molecule has 1 saturated heterocycles. The molecule has 0 spiro atoms. The number of carbonyl (C=O) groups excluding carboxylic acids is 1. The van der Waals surface area contributed by atoms with E-state index in [4.69, 9.17) is 4.74 Å². The van der Waals surface area contributed by atoms with Gasteiger partial charge in [-0.3, -0.25) is 4.79 Å². The number of carbonyl (C=O) groups is 1. The van der Waals surface area contributed by atoms with Gasteiger partial charge in [-0.2, -0.15) is 0 Å². The number of ketones is 1. The Morgan fingerprint density at radius 3 is 3.20 bits per heavy atom. The molecule has 1 aromatic heterocycles. The first-order chi connectivity index (χ1) is 7.25. The maximum Gasteiger partial charge on any atom is 0.156 e. The van der Waals surface area contributed by atoms with Gasteiger partial charge in [0.2, 0.25) is 0 Å². The lowest BCUT2D eigenvalue weighted by Crippen LogP contribution is -2.47. The molecule has 0 bridgehead atoms. The topological polar surface area (TPSA) is 38.3 Å². The van der Waals surface area contributed by atoms with Crippen molar-refractivity contribution in [2.45, 2.75) is 19.4 Å². The van der Waals surface area contributed by atoms with Crippen LogP contribution in [0, 0.1) is 6.92 Å². The SMILES string of the molecule is Cc1cc(CC(=O)C2COCCN2)cs1. The van der Waals surface area contributed by atoms with Gasteiger partial charge in [0.15, 0.2) is 5.78 Å². The number of hydrogen-bond acceptors (Lipinski definition) is 4. The first-order valence-electron chi connectivity index (χ1n) is 5.13. The summed E-state index contributed by atoms with van der Waals surface area (Å²) in [6, 6.07) is 1.96. The van der Waals surface area contributed by atoms with Gasteiger partial charge >= 0.3 is 0 Å². The van der Waals surface area contributed by atoms with Crippen molar-refractivity contribution < 1.29 is 9.53 Å². The Morgan fingerprint density at radius 2 is 2.60 bits per heavy atom. The van der Waals surface area contributed by atoms with Gasteiger partial charge in [0.05, 0.1) is 19.3 Å². The fourth-order valence-electron chi connectivity index (χ4n) is 1.69. The molecule has 1 aliphatic heterocycles. The summed E-state index contributed by atoms with van der Waals surface area (Å²) in [5, 5.41) is 5.23. The van der Waals surface area contributed by atoms with Crippen molar-refractivity contribution in [2.75, 3.05) is 19.8 Å². The first-order valence-corrected chi connectivity index (χ1v) is 6.01. The second-order valence-corrected chi connectivity index (χ2v) is 4.91. The Morgan fingerprint density at radius 1 is 1.73 bits per heavy atom. The summed E-state index contributed by atoms with van der Waals surface area (Å²) in [5.41, 5.74) is 1.12. The van der Waals surface area contributed by atoms with E-state index in [9.17, 15) is 4.79 Å². The average molecular weight is 225 g/mol. The number of nitrogens with one attached hydrogen (secondary N) is 1. The molecule has 0 saturated carbocycles. The number of ether oxygens (including phenoxy) is 1. The van der Waals surface area contributed by atoms with E-state index in [0.29, 0.717) is 19.6 Å². The molecule has 0 aliphatic carbocycles. The van der Waals surface area contributed by atoms with Gasteiger partial charge in [0.1, 0.15) is 0 Å². The van der Waals surface area contributed by atoms with Crippen molar-refractivity contribution >= 4 is 17.1 Å². The molecular formula is C11H15NO2S. The maximum absolute atomic E-state index is 11.8. The van der Waals surface area contributed by atoms with E-state index in [1.54, 1.807) is 11.3 Å². The molecule has 1 aromatic rings. The minimum Gasteiger partial charge on any atom is -0.378 e. The van der Waals surface area contributed by atoms with Crippen LogP contribution in [-0.2, 0) is 16.0 Å². The highest BCUT2D eigenvalue weighted by Crippen LogP contribution is 2.14. The number of thiophene rings is 1. The van der Waals surface area contributed by atoms with Crippen molar-refractivity contribution in [3.8, 4) is 0 Å². The molecule has 1 atom stereocenters. The summed E-state index contributed by atoms with van der Waals surface area (Å²) >= 11 is 1.69. The number of hydrogen-bond donors (Lipinski definition) is 1. The fraction of sp³-hybridized carbons (Fsp3) is 0.545. The molecule has 15 heavy (non-hydrogen) atoms. The summed E-state index contributed by atoms with van der Waals surface area (Å²) in [5.74, 6) is 0.229. The molecule has 2 heterocycles. The van der Waals surface area contributed by atoms with Crippen LogP contribution < -0.4 is 5.32 Å². The van der Waals surface area contributed by atoms with Gasteiger partial charge in [-0.1, -0.05) is 0 Å².